The summed E-state index contributed by atoms with van der Waals surface area (Å²) in [5.74, 6) is 0. The molecule has 6 nitrogen and oxygen atoms in total. The molecule has 41 heavy (non-hydrogen) atoms. The van der Waals surface area contributed by atoms with Gasteiger partial charge in [-0.1, -0.05) is 143 Å². The standard InChI is InChI=1S/C16H35O3P.C14H31O3P.3Nd/c1-3-5-7-9-11-13-15-19-20(17,18)16-14-12-10-8-6-4-2;1-3-5-7-9-11-13-17-18(15,16)14-12-10-8-6-4-2;;;/h3-16H2,1-2H3,(H,17,18);3-14H2,1-2H3,(H,15,16);;;/q;;3*+3/p-2. The molecule has 0 N–H and O–H groups in total. The van der Waals surface area contributed by atoms with Crippen molar-refractivity contribution < 1.29 is 150 Å². The zero-order chi connectivity index (χ0) is 28.8. The molecule has 0 fully saturated rings. The summed E-state index contributed by atoms with van der Waals surface area (Å²) in [6.07, 6.45) is 24.8. The first kappa shape index (κ1) is 54.8. The third-order valence-corrected chi connectivity index (χ3v) is 9.52. The van der Waals surface area contributed by atoms with E-state index in [0.717, 1.165) is 64.2 Å². The Bertz CT molecular complexity index is 574. The molecule has 0 aliphatic heterocycles. The Labute approximate surface area is 354 Å². The summed E-state index contributed by atoms with van der Waals surface area (Å²) < 4.78 is 33.3. The maximum atomic E-state index is 11.7. The molecule has 0 saturated carbocycles. The first-order valence-electron chi connectivity index (χ1n) is 16.1. The van der Waals surface area contributed by atoms with Crippen molar-refractivity contribution in [1.82, 2.24) is 0 Å². The quantitative estimate of drug-likeness (QED) is 0.0572. The first-order chi connectivity index (χ1) is 18.2. The Hall–Kier alpha value is 4.35. The van der Waals surface area contributed by atoms with E-state index >= 15 is 0 Å². The van der Waals surface area contributed by atoms with Gasteiger partial charge in [0.2, 0.25) is 0 Å². The Morgan fingerprint density at radius 1 is 0.390 bits per heavy atom. The third kappa shape index (κ3) is 48.9. The molecule has 0 aromatic rings. The summed E-state index contributed by atoms with van der Waals surface area (Å²) in [5.41, 5.74) is 0. The van der Waals surface area contributed by atoms with Crippen LogP contribution in [0.3, 0.4) is 0 Å². The third-order valence-electron chi connectivity index (χ3n) is 6.64. The molecule has 0 aliphatic carbocycles. The van der Waals surface area contributed by atoms with Gasteiger partial charge in [-0.2, -0.15) is 0 Å². The van der Waals surface area contributed by atoms with E-state index < -0.39 is 15.2 Å². The zero-order valence-corrected chi connectivity index (χ0v) is 38.6. The Balaban J connectivity index is -0.000000197. The van der Waals surface area contributed by atoms with Gasteiger partial charge >= 0.3 is 123 Å². The second kappa shape index (κ2) is 42.4. The van der Waals surface area contributed by atoms with E-state index in [1.165, 1.54) is 77.0 Å². The van der Waals surface area contributed by atoms with Gasteiger partial charge in [-0.05, 0) is 25.7 Å². The van der Waals surface area contributed by atoms with Gasteiger partial charge in [0.1, 0.15) is 15.2 Å². The average molecular weight is 1020 g/mol. The maximum Gasteiger partial charge on any atom is 3.00 e. The van der Waals surface area contributed by atoms with Gasteiger partial charge in [-0.25, -0.2) is 0 Å². The van der Waals surface area contributed by atoms with Crippen LogP contribution in [-0.4, -0.2) is 25.5 Å². The van der Waals surface area contributed by atoms with Crippen LogP contribution in [0.4, 0.5) is 0 Å². The Morgan fingerprint density at radius 3 is 0.878 bits per heavy atom. The topological polar surface area (TPSA) is 98.7 Å². The first-order valence-corrected chi connectivity index (χ1v) is 19.6. The van der Waals surface area contributed by atoms with Crippen molar-refractivity contribution in [2.75, 3.05) is 25.5 Å². The predicted molar refractivity (Wildman–Crippen MR) is 161 cm³/mol. The SMILES string of the molecule is CCCCCCCCOP(=O)([O-])CCCCCCCC.CCCCCCCOP(=O)([O-])CCCCCCC.[Nd+3].[Nd+3].[Nd+3]. The van der Waals surface area contributed by atoms with E-state index in [9.17, 15) is 18.9 Å². The summed E-state index contributed by atoms with van der Waals surface area (Å²) in [7, 11) is -7.11. The molecule has 0 saturated heterocycles. The fourth-order valence-electron chi connectivity index (χ4n) is 4.12. The molecule has 0 spiro atoms. The Morgan fingerprint density at radius 2 is 0.610 bits per heavy atom. The summed E-state index contributed by atoms with van der Waals surface area (Å²) >= 11 is 0. The van der Waals surface area contributed by atoms with Gasteiger partial charge in [0.15, 0.2) is 0 Å². The molecule has 0 heterocycles. The fraction of sp³-hybridized carbons (Fsp3) is 1.00. The van der Waals surface area contributed by atoms with Crippen LogP contribution in [0, 0.1) is 123 Å². The number of rotatable bonds is 28. The fourth-order valence-corrected chi connectivity index (χ4v) is 6.41. The second-order valence-corrected chi connectivity index (χ2v) is 14.6. The van der Waals surface area contributed by atoms with Crippen molar-refractivity contribution in [3.63, 3.8) is 0 Å². The summed E-state index contributed by atoms with van der Waals surface area (Å²) in [6.45, 7) is 9.45. The summed E-state index contributed by atoms with van der Waals surface area (Å²) in [6, 6.07) is 0. The van der Waals surface area contributed by atoms with Crippen molar-refractivity contribution in [3.05, 3.63) is 0 Å². The van der Waals surface area contributed by atoms with Crippen LogP contribution in [-0.2, 0) is 18.2 Å². The molecule has 11 heteroatoms. The van der Waals surface area contributed by atoms with Gasteiger partial charge < -0.3 is 28.0 Å². The predicted octanol–water partition coefficient (Wildman–Crippen LogP) is 9.77. The van der Waals surface area contributed by atoms with Crippen molar-refractivity contribution in [2.45, 2.75) is 169 Å². The molecule has 235 valence electrons. The maximum absolute atomic E-state index is 11.7. The molecule has 0 amide bonds. The van der Waals surface area contributed by atoms with Crippen molar-refractivity contribution >= 4 is 15.2 Å². The largest absolute Gasteiger partial charge is 3.00 e. The molecular formula is C30H64Nd3O6P2+7. The van der Waals surface area contributed by atoms with E-state index in [4.69, 9.17) is 9.05 Å². The van der Waals surface area contributed by atoms with Crippen LogP contribution in [0.5, 0.6) is 0 Å². The normalized spacial score (nSPS) is 13.4. The molecule has 2 atom stereocenters. The van der Waals surface area contributed by atoms with E-state index in [1.807, 2.05) is 0 Å². The van der Waals surface area contributed by atoms with Crippen molar-refractivity contribution in [3.8, 4) is 0 Å². The van der Waals surface area contributed by atoms with Gasteiger partial charge in [0.05, 0.1) is 13.2 Å². The zero-order valence-electron chi connectivity index (χ0n) is 27.2. The Kier molecular flexibility index (Phi) is 56.6. The second-order valence-electron chi connectivity index (χ2n) is 10.7. The number of hydrogen-bond donors (Lipinski definition) is 0. The average Bonchev–Trinajstić information content (AvgIpc) is 2.88. The van der Waals surface area contributed by atoms with E-state index in [-0.39, 0.29) is 135 Å². The molecule has 0 rings (SSSR count). The summed E-state index contributed by atoms with van der Waals surface area (Å²) in [4.78, 5) is 23.2. The van der Waals surface area contributed by atoms with Crippen LogP contribution in [0.1, 0.15) is 169 Å². The van der Waals surface area contributed by atoms with Gasteiger partial charge in [-0.3, -0.25) is 0 Å². The van der Waals surface area contributed by atoms with Gasteiger partial charge in [0, 0.05) is 12.3 Å². The minimum absolute atomic E-state index is 0. The summed E-state index contributed by atoms with van der Waals surface area (Å²) in [5, 5.41) is 0. The van der Waals surface area contributed by atoms with Crippen LogP contribution in [0.2, 0.25) is 0 Å². The molecule has 2 unspecified atom stereocenters. The monoisotopic (exact) mass is 1010 g/mol. The molecule has 0 aliphatic rings. The molecule has 0 aromatic carbocycles. The number of hydrogen-bond acceptors (Lipinski definition) is 6. The van der Waals surface area contributed by atoms with Gasteiger partial charge in [-0.15, -0.1) is 0 Å². The van der Waals surface area contributed by atoms with Crippen LogP contribution < -0.4 is 9.79 Å². The molecule has 3 radical (unpaired) electrons. The van der Waals surface area contributed by atoms with E-state index in [1.54, 1.807) is 0 Å². The molecule has 0 bridgehead atoms. The van der Waals surface area contributed by atoms with Crippen LogP contribution in [0.15, 0.2) is 0 Å². The van der Waals surface area contributed by atoms with Gasteiger partial charge in [0.25, 0.3) is 0 Å². The smallest absolute Gasteiger partial charge is 0.778 e. The van der Waals surface area contributed by atoms with E-state index in [2.05, 4.69) is 27.7 Å². The van der Waals surface area contributed by atoms with Crippen molar-refractivity contribution in [2.24, 2.45) is 0 Å². The molecule has 0 aromatic heterocycles. The molecular weight excluding hydrogens is 951 g/mol. The number of unbranched alkanes of at least 4 members (excludes halogenated alkanes) is 18. The van der Waals surface area contributed by atoms with Crippen molar-refractivity contribution in [1.29, 1.82) is 0 Å². The minimum Gasteiger partial charge on any atom is -0.778 e. The van der Waals surface area contributed by atoms with Crippen LogP contribution >= 0.6 is 15.2 Å². The van der Waals surface area contributed by atoms with Crippen LogP contribution in [0.25, 0.3) is 0 Å². The van der Waals surface area contributed by atoms with E-state index in [0.29, 0.717) is 13.2 Å². The minimum atomic E-state index is -3.56.